The van der Waals surface area contributed by atoms with Gasteiger partial charge in [-0.25, -0.2) is 13.1 Å². The Balaban J connectivity index is 2.83. The van der Waals surface area contributed by atoms with Crippen molar-refractivity contribution in [3.63, 3.8) is 0 Å². The van der Waals surface area contributed by atoms with Gasteiger partial charge in [0.2, 0.25) is 10.0 Å². The molecule has 1 unspecified atom stereocenters. The lowest BCUT2D eigenvalue weighted by atomic mass is 10.2. The first-order chi connectivity index (χ1) is 8.77. The van der Waals surface area contributed by atoms with Crippen molar-refractivity contribution in [2.75, 3.05) is 20.6 Å². The Morgan fingerprint density at radius 1 is 1.47 bits per heavy atom. The summed E-state index contributed by atoms with van der Waals surface area (Å²) >= 11 is 1.27. The lowest BCUT2D eigenvalue weighted by Gasteiger charge is -2.17. The summed E-state index contributed by atoms with van der Waals surface area (Å²) in [5.74, 6) is 0. The Labute approximate surface area is 119 Å². The first-order valence-electron chi connectivity index (χ1n) is 6.12. The SMILES string of the molecule is Cc1csc(CO)c1S(=O)(=O)NC(C)CCN(C)C. The van der Waals surface area contributed by atoms with Crippen molar-refractivity contribution in [3.8, 4) is 0 Å². The minimum absolute atomic E-state index is 0.141. The Bertz CT molecular complexity index is 509. The summed E-state index contributed by atoms with van der Waals surface area (Å²) in [6.45, 7) is 4.16. The summed E-state index contributed by atoms with van der Waals surface area (Å²) in [7, 11) is 0.349. The van der Waals surface area contributed by atoms with Gasteiger partial charge in [-0.05, 0) is 51.9 Å². The van der Waals surface area contributed by atoms with E-state index in [1.807, 2.05) is 25.9 Å². The molecule has 1 aromatic heterocycles. The molecule has 19 heavy (non-hydrogen) atoms. The molecule has 0 bridgehead atoms. The van der Waals surface area contributed by atoms with Crippen molar-refractivity contribution in [1.82, 2.24) is 9.62 Å². The number of aliphatic hydroxyl groups is 1. The van der Waals surface area contributed by atoms with Crippen LogP contribution >= 0.6 is 11.3 Å². The Morgan fingerprint density at radius 2 is 2.11 bits per heavy atom. The smallest absolute Gasteiger partial charge is 0.242 e. The number of nitrogens with one attached hydrogen (secondary N) is 1. The van der Waals surface area contributed by atoms with Crippen LogP contribution in [-0.4, -0.2) is 45.1 Å². The molecule has 0 aliphatic rings. The van der Waals surface area contributed by atoms with Crippen LogP contribution in [0.25, 0.3) is 0 Å². The van der Waals surface area contributed by atoms with Gasteiger partial charge in [0.15, 0.2) is 0 Å². The van der Waals surface area contributed by atoms with E-state index in [9.17, 15) is 13.5 Å². The zero-order chi connectivity index (χ0) is 14.6. The Hall–Kier alpha value is -0.470. The highest BCUT2D eigenvalue weighted by molar-refractivity contribution is 7.89. The number of hydrogen-bond acceptors (Lipinski definition) is 5. The van der Waals surface area contributed by atoms with Crippen LogP contribution < -0.4 is 4.72 Å². The van der Waals surface area contributed by atoms with Gasteiger partial charge >= 0.3 is 0 Å². The third-order valence-electron chi connectivity index (χ3n) is 2.77. The second-order valence-electron chi connectivity index (χ2n) is 4.94. The van der Waals surface area contributed by atoms with E-state index >= 15 is 0 Å². The van der Waals surface area contributed by atoms with Crippen molar-refractivity contribution < 1.29 is 13.5 Å². The molecule has 7 heteroatoms. The molecule has 5 nitrogen and oxygen atoms in total. The van der Waals surface area contributed by atoms with Gasteiger partial charge in [-0.3, -0.25) is 0 Å². The van der Waals surface area contributed by atoms with Gasteiger partial charge in [0.05, 0.1) is 11.5 Å². The molecule has 0 aromatic carbocycles. The Kier molecular flexibility index (Phi) is 5.94. The molecular formula is C12H22N2O3S2. The van der Waals surface area contributed by atoms with Crippen LogP contribution in [0.4, 0.5) is 0 Å². The molecule has 110 valence electrons. The number of sulfonamides is 1. The zero-order valence-corrected chi connectivity index (χ0v) is 13.4. The van der Waals surface area contributed by atoms with E-state index in [0.29, 0.717) is 10.4 Å². The highest BCUT2D eigenvalue weighted by Crippen LogP contribution is 2.26. The van der Waals surface area contributed by atoms with Gasteiger partial charge in [0.1, 0.15) is 4.90 Å². The normalized spacial score (nSPS) is 14.0. The highest BCUT2D eigenvalue weighted by atomic mass is 32.2. The minimum Gasteiger partial charge on any atom is -0.391 e. The summed E-state index contributed by atoms with van der Waals surface area (Å²) in [4.78, 5) is 2.74. The van der Waals surface area contributed by atoms with Crippen molar-refractivity contribution in [1.29, 1.82) is 0 Å². The van der Waals surface area contributed by atoms with Crippen LogP contribution in [0.15, 0.2) is 10.3 Å². The second kappa shape index (κ2) is 6.81. The molecular weight excluding hydrogens is 284 g/mol. The lowest BCUT2D eigenvalue weighted by Crippen LogP contribution is -2.35. The second-order valence-corrected chi connectivity index (χ2v) is 7.56. The van der Waals surface area contributed by atoms with E-state index in [-0.39, 0.29) is 17.5 Å². The third-order valence-corrected chi connectivity index (χ3v) is 5.80. The number of aryl methyl sites for hydroxylation is 1. The number of nitrogens with zero attached hydrogens (tertiary/aromatic N) is 1. The van der Waals surface area contributed by atoms with E-state index in [2.05, 4.69) is 4.72 Å². The van der Waals surface area contributed by atoms with Gasteiger partial charge in [0.25, 0.3) is 0 Å². The molecule has 0 aliphatic carbocycles. The van der Waals surface area contributed by atoms with Crippen molar-refractivity contribution in [2.45, 2.75) is 37.8 Å². The quantitative estimate of drug-likeness (QED) is 0.793. The van der Waals surface area contributed by atoms with Crippen molar-refractivity contribution in [2.24, 2.45) is 0 Å². The molecule has 0 aliphatic heterocycles. The third kappa shape index (κ3) is 4.54. The number of hydrogen-bond donors (Lipinski definition) is 2. The maximum atomic E-state index is 12.3. The van der Waals surface area contributed by atoms with Gasteiger partial charge in [-0.15, -0.1) is 11.3 Å². The molecule has 0 fully saturated rings. The number of aliphatic hydroxyl groups excluding tert-OH is 1. The van der Waals surface area contributed by atoms with Gasteiger partial charge < -0.3 is 10.0 Å². The minimum atomic E-state index is -3.56. The van der Waals surface area contributed by atoms with Crippen LogP contribution in [0.2, 0.25) is 0 Å². The van der Waals surface area contributed by atoms with Gasteiger partial charge in [-0.1, -0.05) is 0 Å². The molecule has 1 rings (SSSR count). The van der Waals surface area contributed by atoms with Crippen molar-refractivity contribution in [3.05, 3.63) is 15.8 Å². The van der Waals surface area contributed by atoms with E-state index in [0.717, 1.165) is 13.0 Å². The van der Waals surface area contributed by atoms with Crippen LogP contribution in [-0.2, 0) is 16.6 Å². The number of rotatable bonds is 7. The fraction of sp³-hybridized carbons (Fsp3) is 0.667. The van der Waals surface area contributed by atoms with E-state index < -0.39 is 10.0 Å². The summed E-state index contributed by atoms with van der Waals surface area (Å²) < 4.78 is 27.3. The molecule has 1 atom stereocenters. The highest BCUT2D eigenvalue weighted by Gasteiger charge is 2.24. The fourth-order valence-corrected chi connectivity index (χ4v) is 4.73. The Morgan fingerprint density at radius 3 is 2.63 bits per heavy atom. The van der Waals surface area contributed by atoms with Crippen LogP contribution in [0.5, 0.6) is 0 Å². The zero-order valence-electron chi connectivity index (χ0n) is 11.8. The van der Waals surface area contributed by atoms with Crippen LogP contribution in [0.1, 0.15) is 23.8 Å². The van der Waals surface area contributed by atoms with Crippen LogP contribution in [0.3, 0.4) is 0 Å². The van der Waals surface area contributed by atoms with E-state index in [4.69, 9.17) is 0 Å². The van der Waals surface area contributed by atoms with E-state index in [1.165, 1.54) is 11.3 Å². The molecule has 0 spiro atoms. The molecule has 0 amide bonds. The van der Waals surface area contributed by atoms with Crippen molar-refractivity contribution >= 4 is 21.4 Å². The fourth-order valence-electron chi connectivity index (χ4n) is 1.79. The predicted octanol–water partition coefficient (Wildman–Crippen LogP) is 1.17. The number of thiophene rings is 1. The molecule has 0 saturated carbocycles. The topological polar surface area (TPSA) is 69.6 Å². The summed E-state index contributed by atoms with van der Waals surface area (Å²) in [6.07, 6.45) is 0.740. The largest absolute Gasteiger partial charge is 0.391 e. The molecule has 0 radical (unpaired) electrons. The lowest BCUT2D eigenvalue weighted by molar-refractivity contribution is 0.282. The maximum Gasteiger partial charge on any atom is 0.242 e. The summed E-state index contributed by atoms with van der Waals surface area (Å²) in [6, 6.07) is -0.141. The monoisotopic (exact) mass is 306 g/mol. The van der Waals surface area contributed by atoms with Crippen LogP contribution in [0, 0.1) is 6.92 Å². The van der Waals surface area contributed by atoms with Gasteiger partial charge in [-0.2, -0.15) is 0 Å². The standard InChI is InChI=1S/C12H22N2O3S2/c1-9-8-18-11(7-15)12(9)19(16,17)13-10(2)5-6-14(3)4/h8,10,13,15H,5-7H2,1-4H3. The van der Waals surface area contributed by atoms with Gasteiger partial charge in [0, 0.05) is 6.04 Å². The maximum absolute atomic E-state index is 12.3. The van der Waals surface area contributed by atoms with E-state index in [1.54, 1.807) is 12.3 Å². The predicted molar refractivity (Wildman–Crippen MR) is 77.9 cm³/mol. The first kappa shape index (κ1) is 16.6. The summed E-state index contributed by atoms with van der Waals surface area (Å²) in [5.41, 5.74) is 0.682. The summed E-state index contributed by atoms with van der Waals surface area (Å²) in [5, 5.41) is 11.0. The molecule has 1 aromatic rings. The average molecular weight is 306 g/mol. The molecule has 0 saturated heterocycles. The molecule has 2 N–H and O–H groups in total. The molecule has 1 heterocycles. The average Bonchev–Trinajstić information content (AvgIpc) is 2.68. The first-order valence-corrected chi connectivity index (χ1v) is 8.49.